The van der Waals surface area contributed by atoms with E-state index in [0.717, 1.165) is 60.8 Å². The van der Waals surface area contributed by atoms with Crippen LogP contribution in [0, 0.1) is 41.5 Å². The fourth-order valence-electron chi connectivity index (χ4n) is 8.84. The minimum Gasteiger partial charge on any atom is -0.308 e. The van der Waals surface area contributed by atoms with Gasteiger partial charge in [0.1, 0.15) is 0 Å². The van der Waals surface area contributed by atoms with Gasteiger partial charge >= 0.3 is 0 Å². The summed E-state index contributed by atoms with van der Waals surface area (Å²) >= 11 is 0. The number of aryl methyl sites for hydroxylation is 6. The van der Waals surface area contributed by atoms with Crippen LogP contribution in [0.25, 0.3) is 38.6 Å². The smallest absolute Gasteiger partial charge is 0.268 e. The minimum absolute atomic E-state index is 0.332. The van der Waals surface area contributed by atoms with Crippen LogP contribution in [0.1, 0.15) is 74.8 Å². The fraction of sp³-hybridized carbons (Fsp3) is 0.130. The van der Waals surface area contributed by atoms with Crippen LogP contribution in [-0.2, 0) is 0 Å². The number of aromatic nitrogens is 1. The number of carbonyl (C=O) groups is 4. The largest absolute Gasteiger partial charge is 0.308 e. The van der Waals surface area contributed by atoms with Gasteiger partial charge in [-0.2, -0.15) is 0 Å². The van der Waals surface area contributed by atoms with Gasteiger partial charge in [-0.1, -0.05) is 77.9 Å². The molecule has 258 valence electrons. The van der Waals surface area contributed by atoms with Gasteiger partial charge in [-0.3, -0.25) is 19.2 Å². The zero-order valence-electron chi connectivity index (χ0n) is 30.3. The van der Waals surface area contributed by atoms with E-state index in [2.05, 4.69) is 0 Å². The number of anilines is 2. The molecule has 0 unspecified atom stereocenters. The van der Waals surface area contributed by atoms with Crippen LogP contribution >= 0.6 is 0 Å². The van der Waals surface area contributed by atoms with E-state index in [-0.39, 0.29) is 23.6 Å². The third-order valence-electron chi connectivity index (χ3n) is 10.8. The van der Waals surface area contributed by atoms with Crippen molar-refractivity contribution in [1.29, 1.82) is 0 Å². The molecule has 9 rings (SSSR count). The molecule has 53 heavy (non-hydrogen) atoms. The molecule has 7 nitrogen and oxygen atoms in total. The van der Waals surface area contributed by atoms with Gasteiger partial charge in [0.05, 0.1) is 50.3 Å². The van der Waals surface area contributed by atoms with Gasteiger partial charge in [0.25, 0.3) is 23.6 Å². The number of hydrogen-bond acceptors (Lipinski definition) is 4. The summed E-state index contributed by atoms with van der Waals surface area (Å²) in [6.07, 6.45) is 0. The minimum atomic E-state index is -0.357. The second-order valence-electron chi connectivity index (χ2n) is 14.4. The van der Waals surface area contributed by atoms with E-state index in [4.69, 9.17) is 0 Å². The Morgan fingerprint density at radius 3 is 1.51 bits per heavy atom. The van der Waals surface area contributed by atoms with Gasteiger partial charge in [0.15, 0.2) is 0 Å². The summed E-state index contributed by atoms with van der Waals surface area (Å²) in [5.41, 5.74) is 12.1. The number of nitrogens with zero attached hydrogens (tertiary/aromatic N) is 3. The summed E-state index contributed by atoms with van der Waals surface area (Å²) in [6, 6.07) is 32.8. The first kappa shape index (κ1) is 32.3. The fourth-order valence-corrected chi connectivity index (χ4v) is 8.84. The highest BCUT2D eigenvalue weighted by Gasteiger charge is 2.42. The Labute approximate surface area is 306 Å². The molecule has 0 saturated heterocycles. The first-order chi connectivity index (χ1) is 25.5. The van der Waals surface area contributed by atoms with Crippen molar-refractivity contribution < 1.29 is 19.2 Å². The zero-order valence-corrected chi connectivity index (χ0v) is 30.3. The number of carbonyl (C=O) groups excluding carboxylic acids is 4. The monoisotopic (exact) mass is 693 g/mol. The molecule has 0 N–H and O–H groups in total. The molecule has 0 bridgehead atoms. The van der Waals surface area contributed by atoms with E-state index in [9.17, 15) is 19.2 Å². The molecule has 0 fully saturated rings. The first-order valence-corrected chi connectivity index (χ1v) is 17.7. The molecular weight excluding hydrogens is 659 g/mol. The van der Waals surface area contributed by atoms with E-state index < -0.39 is 0 Å². The van der Waals surface area contributed by atoms with E-state index in [1.54, 1.807) is 12.1 Å². The van der Waals surface area contributed by atoms with Crippen LogP contribution in [-0.4, -0.2) is 28.2 Å². The summed E-state index contributed by atoms with van der Waals surface area (Å²) in [4.78, 5) is 59.2. The summed E-state index contributed by atoms with van der Waals surface area (Å²) in [5, 5.41) is 1.86. The van der Waals surface area contributed by atoms with Crippen LogP contribution in [0.3, 0.4) is 0 Å². The van der Waals surface area contributed by atoms with Gasteiger partial charge in [-0.15, -0.1) is 0 Å². The predicted octanol–water partition coefficient (Wildman–Crippen LogP) is 9.90. The van der Waals surface area contributed by atoms with E-state index in [1.165, 1.54) is 9.80 Å². The second kappa shape index (κ2) is 11.5. The standard InChI is InChI=1S/C46H35N3O4/c1-24-19-26(3)41(27(4)20-24)48-43(50)33-13-9-12-31(39(33)45(48)52)30-17-18-37-35(23-30)32-11-7-8-15-36(32)47(37)38-16-10-14-34-40(38)46(53)49(44(34)51)42-28(5)21-25(2)22-29(42)6/h7-23H,1-6H3. The summed E-state index contributed by atoms with van der Waals surface area (Å²) in [6.45, 7) is 11.7. The molecular formula is C46H35N3O4. The second-order valence-corrected chi connectivity index (χ2v) is 14.4. The molecule has 1 aromatic heterocycles. The van der Waals surface area contributed by atoms with Gasteiger partial charge in [-0.05, 0) is 111 Å². The summed E-state index contributed by atoms with van der Waals surface area (Å²) in [5.74, 6) is -1.37. The number of fused-ring (bicyclic) bond motifs is 5. The molecule has 2 aliphatic heterocycles. The number of benzene rings is 6. The molecule has 0 atom stereocenters. The van der Waals surface area contributed by atoms with E-state index in [0.29, 0.717) is 44.9 Å². The third kappa shape index (κ3) is 4.53. The summed E-state index contributed by atoms with van der Waals surface area (Å²) < 4.78 is 2.05. The predicted molar refractivity (Wildman–Crippen MR) is 210 cm³/mol. The van der Waals surface area contributed by atoms with Crippen molar-refractivity contribution in [2.75, 3.05) is 9.80 Å². The molecule has 7 aromatic rings. The summed E-state index contributed by atoms with van der Waals surface area (Å²) in [7, 11) is 0. The number of rotatable bonds is 4. The SMILES string of the molecule is Cc1cc(C)c(N2C(=O)c3cccc(-c4ccc5c(c4)c4ccccc4n5-c4cccc5c4C(=O)N(c4c(C)cc(C)cc4C)C5=O)c3C2=O)c(C)c1. The highest BCUT2D eigenvalue weighted by Crippen LogP contribution is 2.42. The van der Waals surface area contributed by atoms with Crippen molar-refractivity contribution in [2.24, 2.45) is 0 Å². The van der Waals surface area contributed by atoms with Gasteiger partial charge in [-0.25, -0.2) is 9.80 Å². The normalized spacial score (nSPS) is 13.9. The molecule has 2 aliphatic rings. The highest BCUT2D eigenvalue weighted by atomic mass is 16.2. The van der Waals surface area contributed by atoms with Gasteiger partial charge < -0.3 is 4.57 Å². The van der Waals surface area contributed by atoms with Crippen LogP contribution in [0.4, 0.5) is 11.4 Å². The lowest BCUT2D eigenvalue weighted by atomic mass is 9.95. The van der Waals surface area contributed by atoms with Crippen molar-refractivity contribution >= 4 is 56.8 Å². The Balaban J connectivity index is 1.20. The van der Waals surface area contributed by atoms with E-state index in [1.807, 2.05) is 137 Å². The number of para-hydroxylation sites is 1. The Morgan fingerprint density at radius 2 is 0.906 bits per heavy atom. The molecule has 0 aliphatic carbocycles. The first-order valence-electron chi connectivity index (χ1n) is 17.7. The molecule has 6 aromatic carbocycles. The molecule has 3 heterocycles. The number of imide groups is 2. The Morgan fingerprint density at radius 1 is 0.415 bits per heavy atom. The Hall–Kier alpha value is -6.60. The molecule has 4 amide bonds. The van der Waals surface area contributed by atoms with Crippen LogP contribution < -0.4 is 9.80 Å². The lowest BCUT2D eigenvalue weighted by Gasteiger charge is -2.20. The molecule has 0 saturated carbocycles. The lowest BCUT2D eigenvalue weighted by Crippen LogP contribution is -2.31. The van der Waals surface area contributed by atoms with Gasteiger partial charge in [0, 0.05) is 10.8 Å². The van der Waals surface area contributed by atoms with Gasteiger partial charge in [0.2, 0.25) is 0 Å². The third-order valence-corrected chi connectivity index (χ3v) is 10.8. The van der Waals surface area contributed by atoms with Crippen LogP contribution in [0.5, 0.6) is 0 Å². The lowest BCUT2D eigenvalue weighted by molar-refractivity contribution is 0.0910. The Bertz CT molecular complexity index is 2790. The molecule has 7 heteroatoms. The quantitative estimate of drug-likeness (QED) is 0.172. The zero-order chi connectivity index (χ0) is 37.0. The maximum atomic E-state index is 14.4. The highest BCUT2D eigenvalue weighted by molar-refractivity contribution is 6.37. The van der Waals surface area contributed by atoms with Crippen molar-refractivity contribution in [3.05, 3.63) is 159 Å². The average Bonchev–Trinajstić information content (AvgIpc) is 3.68. The van der Waals surface area contributed by atoms with Crippen molar-refractivity contribution in [2.45, 2.75) is 41.5 Å². The number of amides is 4. The van der Waals surface area contributed by atoms with Crippen molar-refractivity contribution in [1.82, 2.24) is 4.57 Å². The topological polar surface area (TPSA) is 79.7 Å². The Kier molecular flexibility index (Phi) is 6.98. The maximum Gasteiger partial charge on any atom is 0.268 e. The maximum absolute atomic E-state index is 14.4. The average molecular weight is 694 g/mol. The van der Waals surface area contributed by atoms with Crippen molar-refractivity contribution in [3.63, 3.8) is 0 Å². The van der Waals surface area contributed by atoms with E-state index >= 15 is 0 Å². The molecule has 0 spiro atoms. The molecule has 0 radical (unpaired) electrons. The number of hydrogen-bond donors (Lipinski definition) is 0. The van der Waals surface area contributed by atoms with Crippen LogP contribution in [0.15, 0.2) is 103 Å². The van der Waals surface area contributed by atoms with Crippen molar-refractivity contribution in [3.8, 4) is 16.8 Å². The van der Waals surface area contributed by atoms with Crippen LogP contribution in [0.2, 0.25) is 0 Å².